The fourth-order valence-electron chi connectivity index (χ4n) is 0.681. The molecule has 0 radical (unpaired) electrons. The zero-order valence-corrected chi connectivity index (χ0v) is 11.6. The Bertz CT molecular complexity index is 350. The number of aliphatic carboxylic acids is 2. The minimum atomic E-state index is -1.17. The third kappa shape index (κ3) is 12.4. The molecule has 1 atom stereocenters. The highest BCUT2D eigenvalue weighted by atomic mass is 32.1. The second kappa shape index (κ2) is 12.0. The van der Waals surface area contributed by atoms with Gasteiger partial charge in [-0.2, -0.15) is 12.6 Å². The van der Waals surface area contributed by atoms with E-state index >= 15 is 0 Å². The Morgan fingerprint density at radius 2 is 1.75 bits per heavy atom. The summed E-state index contributed by atoms with van der Waals surface area (Å²) >= 11 is 3.83. The number of amides is 2. The first-order valence-electron chi connectivity index (χ1n) is 5.15. The molecule has 0 aromatic carbocycles. The lowest BCUT2D eigenvalue weighted by molar-refractivity contribution is -0.138. The van der Waals surface area contributed by atoms with E-state index in [1.807, 2.05) is 0 Å². The predicted octanol–water partition coefficient (Wildman–Crippen LogP) is -2.13. The smallest absolute Gasteiger partial charge is 0.407 e. The van der Waals surface area contributed by atoms with E-state index in [4.69, 9.17) is 10.2 Å². The summed E-state index contributed by atoms with van der Waals surface area (Å²) in [7, 11) is 1.15. The number of rotatable bonds is 6. The van der Waals surface area contributed by atoms with Crippen LogP contribution in [0.1, 0.15) is 0 Å². The molecule has 20 heavy (non-hydrogen) atoms. The monoisotopic (exact) mass is 311 g/mol. The molecule has 0 saturated heterocycles. The standard InChI is InChI=1S/C7H12N2O5S.C2H5NO2/c1-14-7(13)9-4(3-15)6(12)8-2-5(10)11;3-1-2(4)5/h4,15H,2-3H2,1H3,(H,8,12)(H,9,13)(H,10,11);1,3H2,(H,4,5). The molecular formula is C9H17N3O7S. The molecule has 0 heterocycles. The fraction of sp³-hybridized carbons (Fsp3) is 0.556. The van der Waals surface area contributed by atoms with Gasteiger partial charge in [-0.1, -0.05) is 0 Å². The molecule has 0 aromatic rings. The summed E-state index contributed by atoms with van der Waals surface area (Å²) in [4.78, 5) is 41.4. The molecule has 116 valence electrons. The van der Waals surface area contributed by atoms with E-state index in [-0.39, 0.29) is 12.3 Å². The Kier molecular flexibility index (Phi) is 12.2. The van der Waals surface area contributed by atoms with E-state index < -0.39 is 36.5 Å². The molecule has 0 aliphatic rings. The number of thiol groups is 1. The Hall–Kier alpha value is -2.01. The van der Waals surface area contributed by atoms with Crippen LogP contribution in [-0.2, 0) is 19.1 Å². The molecule has 0 aliphatic heterocycles. The number of carboxylic acids is 2. The molecule has 0 bridgehead atoms. The number of nitrogens with two attached hydrogens (primary N) is 1. The van der Waals surface area contributed by atoms with E-state index in [0.29, 0.717) is 0 Å². The molecule has 10 nitrogen and oxygen atoms in total. The Labute approximate surface area is 120 Å². The first-order chi connectivity index (χ1) is 9.28. The highest BCUT2D eigenvalue weighted by Gasteiger charge is 2.19. The van der Waals surface area contributed by atoms with Crippen LogP contribution in [0.5, 0.6) is 0 Å². The van der Waals surface area contributed by atoms with Crippen molar-refractivity contribution in [1.29, 1.82) is 0 Å². The van der Waals surface area contributed by atoms with Crippen LogP contribution < -0.4 is 16.4 Å². The number of alkyl carbamates (subject to hydrolysis) is 1. The van der Waals surface area contributed by atoms with Crippen LogP contribution in [0.25, 0.3) is 0 Å². The van der Waals surface area contributed by atoms with Gasteiger partial charge < -0.3 is 31.3 Å². The molecule has 0 aromatic heterocycles. The molecule has 0 spiro atoms. The number of carbonyl (C=O) groups is 4. The largest absolute Gasteiger partial charge is 0.480 e. The van der Waals surface area contributed by atoms with E-state index in [1.165, 1.54) is 0 Å². The average molecular weight is 311 g/mol. The van der Waals surface area contributed by atoms with Crippen LogP contribution in [0.2, 0.25) is 0 Å². The lowest BCUT2D eigenvalue weighted by atomic mass is 10.3. The van der Waals surface area contributed by atoms with E-state index in [2.05, 4.69) is 33.7 Å². The maximum absolute atomic E-state index is 11.2. The summed E-state index contributed by atoms with van der Waals surface area (Å²) in [5.74, 6) is -2.72. The summed E-state index contributed by atoms with van der Waals surface area (Å²) in [5, 5.41) is 20.2. The van der Waals surface area contributed by atoms with Crippen LogP contribution in [-0.4, -0.2) is 66.1 Å². The number of hydrogen-bond acceptors (Lipinski definition) is 7. The molecule has 0 rings (SSSR count). The predicted molar refractivity (Wildman–Crippen MR) is 70.5 cm³/mol. The van der Waals surface area contributed by atoms with Gasteiger partial charge in [-0.3, -0.25) is 14.4 Å². The van der Waals surface area contributed by atoms with Gasteiger partial charge in [0.25, 0.3) is 0 Å². The van der Waals surface area contributed by atoms with Crippen LogP contribution in [0.3, 0.4) is 0 Å². The van der Waals surface area contributed by atoms with E-state index in [9.17, 15) is 19.2 Å². The lowest BCUT2D eigenvalue weighted by Crippen LogP contribution is -2.48. The van der Waals surface area contributed by atoms with Crippen LogP contribution in [0.4, 0.5) is 4.79 Å². The number of nitrogens with one attached hydrogen (secondary N) is 2. The molecular weight excluding hydrogens is 294 g/mol. The van der Waals surface area contributed by atoms with Gasteiger partial charge in [0, 0.05) is 5.75 Å². The summed E-state index contributed by atoms with van der Waals surface area (Å²) in [6.45, 7) is -0.786. The SMILES string of the molecule is COC(=O)NC(CS)C(=O)NCC(=O)O.NCC(=O)O. The topological polar surface area (TPSA) is 168 Å². The molecule has 11 heteroatoms. The van der Waals surface area contributed by atoms with Crippen molar-refractivity contribution in [1.82, 2.24) is 10.6 Å². The minimum Gasteiger partial charge on any atom is -0.480 e. The van der Waals surface area contributed by atoms with Crippen molar-refractivity contribution in [3.8, 4) is 0 Å². The summed E-state index contributed by atoms with van der Waals surface area (Å²) in [6, 6.07) is -0.917. The zero-order chi connectivity index (χ0) is 16.1. The van der Waals surface area contributed by atoms with Gasteiger partial charge in [-0.05, 0) is 0 Å². The molecule has 1 unspecified atom stereocenters. The summed E-state index contributed by atoms with van der Waals surface area (Å²) in [6.07, 6.45) is -0.778. The van der Waals surface area contributed by atoms with Crippen molar-refractivity contribution < 1.29 is 34.1 Å². The van der Waals surface area contributed by atoms with Gasteiger partial charge >= 0.3 is 18.0 Å². The lowest BCUT2D eigenvalue weighted by Gasteiger charge is -2.14. The van der Waals surface area contributed by atoms with Crippen LogP contribution in [0, 0.1) is 0 Å². The van der Waals surface area contributed by atoms with E-state index in [1.54, 1.807) is 0 Å². The molecule has 2 amide bonds. The van der Waals surface area contributed by atoms with Gasteiger partial charge in [0.2, 0.25) is 5.91 Å². The quantitative estimate of drug-likeness (QED) is 0.302. The third-order valence-electron chi connectivity index (χ3n) is 1.57. The summed E-state index contributed by atoms with van der Waals surface area (Å²) in [5.41, 5.74) is 4.57. The minimum absolute atomic E-state index is 0.0422. The van der Waals surface area contributed by atoms with Crippen LogP contribution in [0.15, 0.2) is 0 Å². The number of carbonyl (C=O) groups excluding carboxylic acids is 2. The Morgan fingerprint density at radius 3 is 2.05 bits per heavy atom. The number of ether oxygens (including phenoxy) is 1. The average Bonchev–Trinajstić information content (AvgIpc) is 2.42. The molecule has 0 aliphatic carbocycles. The van der Waals surface area contributed by atoms with Gasteiger partial charge in [0.05, 0.1) is 13.7 Å². The van der Waals surface area contributed by atoms with Crippen molar-refractivity contribution in [2.24, 2.45) is 5.73 Å². The second-order valence-electron chi connectivity index (χ2n) is 3.08. The molecule has 0 fully saturated rings. The van der Waals surface area contributed by atoms with Gasteiger partial charge in [-0.15, -0.1) is 0 Å². The fourth-order valence-corrected chi connectivity index (χ4v) is 0.938. The Balaban J connectivity index is 0. The van der Waals surface area contributed by atoms with Crippen molar-refractivity contribution in [2.75, 3.05) is 26.0 Å². The normalized spacial score (nSPS) is 10.3. The highest BCUT2D eigenvalue weighted by Crippen LogP contribution is 1.89. The van der Waals surface area contributed by atoms with Gasteiger partial charge in [-0.25, -0.2) is 4.79 Å². The van der Waals surface area contributed by atoms with Crippen LogP contribution >= 0.6 is 12.6 Å². The van der Waals surface area contributed by atoms with Crippen molar-refractivity contribution in [3.63, 3.8) is 0 Å². The zero-order valence-electron chi connectivity index (χ0n) is 10.7. The third-order valence-corrected chi connectivity index (χ3v) is 1.93. The first-order valence-corrected chi connectivity index (χ1v) is 5.78. The second-order valence-corrected chi connectivity index (χ2v) is 3.45. The van der Waals surface area contributed by atoms with Gasteiger partial charge in [0.1, 0.15) is 12.6 Å². The van der Waals surface area contributed by atoms with Gasteiger partial charge in [0.15, 0.2) is 0 Å². The number of carboxylic acid groups (broad SMARTS) is 2. The number of methoxy groups -OCH3 is 1. The summed E-state index contributed by atoms with van der Waals surface area (Å²) < 4.78 is 4.28. The first kappa shape index (κ1) is 20.3. The Morgan fingerprint density at radius 1 is 1.25 bits per heavy atom. The van der Waals surface area contributed by atoms with Crippen molar-refractivity contribution in [2.45, 2.75) is 6.04 Å². The van der Waals surface area contributed by atoms with Crippen molar-refractivity contribution in [3.05, 3.63) is 0 Å². The van der Waals surface area contributed by atoms with E-state index in [0.717, 1.165) is 7.11 Å². The highest BCUT2D eigenvalue weighted by molar-refractivity contribution is 7.80. The molecule has 0 saturated carbocycles. The van der Waals surface area contributed by atoms with Crippen molar-refractivity contribution >= 4 is 36.6 Å². The molecule has 6 N–H and O–H groups in total. The number of hydrogen-bond donors (Lipinski definition) is 6. The maximum atomic E-state index is 11.2. The maximum Gasteiger partial charge on any atom is 0.407 e.